The second kappa shape index (κ2) is 6.37. The Balaban J connectivity index is 1.66. The lowest BCUT2D eigenvalue weighted by atomic mass is 9.94. The maximum Gasteiger partial charge on any atom is 0.237 e. The highest BCUT2D eigenvalue weighted by molar-refractivity contribution is 5.82. The summed E-state index contributed by atoms with van der Waals surface area (Å²) in [4.78, 5) is 23.4. The molecule has 2 fully saturated rings. The van der Waals surface area contributed by atoms with Gasteiger partial charge in [0.25, 0.3) is 0 Å². The van der Waals surface area contributed by atoms with Crippen LogP contribution in [0.25, 0.3) is 0 Å². The minimum absolute atomic E-state index is 0.00792. The van der Waals surface area contributed by atoms with Crippen LogP contribution in [0.3, 0.4) is 0 Å². The molecule has 3 atom stereocenters. The fourth-order valence-corrected chi connectivity index (χ4v) is 3.16. The summed E-state index contributed by atoms with van der Waals surface area (Å²) in [5.41, 5.74) is 0. The predicted molar refractivity (Wildman–Crippen MR) is 73.5 cm³/mol. The molecule has 2 aliphatic rings. The van der Waals surface area contributed by atoms with Crippen molar-refractivity contribution in [3.05, 3.63) is 0 Å². The molecular formula is C14H25N3O2. The lowest BCUT2D eigenvalue weighted by Gasteiger charge is -2.18. The first-order valence-corrected chi connectivity index (χ1v) is 7.38. The van der Waals surface area contributed by atoms with Gasteiger partial charge in [0.15, 0.2) is 0 Å². The molecule has 1 saturated heterocycles. The van der Waals surface area contributed by atoms with Crippen molar-refractivity contribution < 1.29 is 9.59 Å². The monoisotopic (exact) mass is 267 g/mol. The van der Waals surface area contributed by atoms with Gasteiger partial charge in [0.05, 0.1) is 6.04 Å². The van der Waals surface area contributed by atoms with Gasteiger partial charge in [0.2, 0.25) is 11.8 Å². The zero-order valence-corrected chi connectivity index (χ0v) is 11.9. The smallest absolute Gasteiger partial charge is 0.237 e. The topological polar surface area (TPSA) is 70.2 Å². The molecule has 5 nitrogen and oxygen atoms in total. The zero-order valence-electron chi connectivity index (χ0n) is 11.9. The first-order valence-electron chi connectivity index (χ1n) is 7.38. The van der Waals surface area contributed by atoms with Crippen LogP contribution in [0.5, 0.6) is 0 Å². The second-order valence-corrected chi connectivity index (χ2v) is 5.98. The van der Waals surface area contributed by atoms with Crippen LogP contribution in [0, 0.1) is 17.8 Å². The van der Waals surface area contributed by atoms with Gasteiger partial charge in [0.1, 0.15) is 0 Å². The minimum atomic E-state index is -0.0201. The van der Waals surface area contributed by atoms with Crippen molar-refractivity contribution in [2.45, 2.75) is 39.2 Å². The van der Waals surface area contributed by atoms with Crippen LogP contribution in [-0.4, -0.2) is 37.5 Å². The van der Waals surface area contributed by atoms with Crippen LogP contribution in [-0.2, 0) is 9.59 Å². The average molecular weight is 267 g/mol. The summed E-state index contributed by atoms with van der Waals surface area (Å²) in [6.07, 6.45) is 3.68. The van der Waals surface area contributed by atoms with E-state index < -0.39 is 0 Å². The quantitative estimate of drug-likeness (QED) is 0.626. The molecular weight excluding hydrogens is 242 g/mol. The average Bonchev–Trinajstić information content (AvgIpc) is 2.95. The van der Waals surface area contributed by atoms with E-state index in [0.29, 0.717) is 24.9 Å². The summed E-state index contributed by atoms with van der Waals surface area (Å²) in [5, 5.41) is 9.04. The molecule has 1 saturated carbocycles. The Morgan fingerprint density at radius 1 is 1.21 bits per heavy atom. The van der Waals surface area contributed by atoms with Gasteiger partial charge in [-0.1, -0.05) is 20.3 Å². The third-order valence-electron chi connectivity index (χ3n) is 4.28. The van der Waals surface area contributed by atoms with Crippen molar-refractivity contribution in [3.8, 4) is 0 Å². The number of nitrogens with one attached hydrogen (secondary N) is 3. The fraction of sp³-hybridized carbons (Fsp3) is 0.857. The number of rotatable bonds is 5. The molecule has 2 rings (SSSR count). The van der Waals surface area contributed by atoms with Gasteiger partial charge >= 0.3 is 0 Å². The molecule has 0 bridgehead atoms. The molecule has 0 aromatic carbocycles. The Morgan fingerprint density at radius 2 is 1.95 bits per heavy atom. The second-order valence-electron chi connectivity index (χ2n) is 5.98. The molecule has 0 aromatic rings. The van der Waals surface area contributed by atoms with Crippen molar-refractivity contribution in [2.24, 2.45) is 17.8 Å². The van der Waals surface area contributed by atoms with Crippen LogP contribution >= 0.6 is 0 Å². The Bertz CT molecular complexity index is 344. The fourth-order valence-electron chi connectivity index (χ4n) is 3.16. The molecule has 0 aromatic heterocycles. The van der Waals surface area contributed by atoms with Gasteiger partial charge < -0.3 is 16.0 Å². The van der Waals surface area contributed by atoms with Crippen molar-refractivity contribution >= 4 is 11.8 Å². The van der Waals surface area contributed by atoms with Crippen LogP contribution in [0.1, 0.15) is 33.1 Å². The van der Waals surface area contributed by atoms with Crippen LogP contribution < -0.4 is 16.0 Å². The van der Waals surface area contributed by atoms with Crippen LogP contribution in [0.15, 0.2) is 0 Å². The first kappa shape index (κ1) is 14.3. The van der Waals surface area contributed by atoms with Crippen molar-refractivity contribution in [1.82, 2.24) is 16.0 Å². The van der Waals surface area contributed by atoms with Gasteiger partial charge in [-0.15, -0.1) is 0 Å². The van der Waals surface area contributed by atoms with Crippen molar-refractivity contribution in [1.29, 1.82) is 0 Å². The Morgan fingerprint density at radius 3 is 2.68 bits per heavy atom. The van der Waals surface area contributed by atoms with E-state index in [1.165, 1.54) is 19.3 Å². The van der Waals surface area contributed by atoms with Crippen molar-refractivity contribution in [3.63, 3.8) is 0 Å². The van der Waals surface area contributed by atoms with Gasteiger partial charge in [-0.3, -0.25) is 9.59 Å². The third-order valence-corrected chi connectivity index (χ3v) is 4.28. The normalized spacial score (nSPS) is 29.3. The maximum absolute atomic E-state index is 12.1. The third kappa shape index (κ3) is 3.47. The predicted octanol–water partition coefficient (Wildman–Crippen LogP) is 0.263. The molecule has 0 radical (unpaired) electrons. The van der Waals surface area contributed by atoms with Crippen LogP contribution in [0.2, 0.25) is 0 Å². The summed E-state index contributed by atoms with van der Waals surface area (Å²) in [5.74, 6) is 1.32. The largest absolute Gasteiger partial charge is 0.354 e. The summed E-state index contributed by atoms with van der Waals surface area (Å²) < 4.78 is 0. The van der Waals surface area contributed by atoms with E-state index in [1.807, 2.05) is 13.8 Å². The van der Waals surface area contributed by atoms with Crippen molar-refractivity contribution in [2.75, 3.05) is 19.6 Å². The van der Waals surface area contributed by atoms with Gasteiger partial charge in [-0.25, -0.2) is 0 Å². The summed E-state index contributed by atoms with van der Waals surface area (Å²) in [6.45, 7) is 5.70. The molecule has 3 unspecified atom stereocenters. The zero-order chi connectivity index (χ0) is 13.8. The number of hydrogen-bond donors (Lipinski definition) is 3. The summed E-state index contributed by atoms with van der Waals surface area (Å²) >= 11 is 0. The van der Waals surface area contributed by atoms with E-state index in [4.69, 9.17) is 0 Å². The Labute approximate surface area is 114 Å². The standard InChI is InChI=1S/C14H25N3O2/c1-9(2)13(18)15-6-7-16-14(19)12-11-5-3-4-10(11)8-17-12/h9-12,17H,3-8H2,1-2H3,(H,15,18)(H,16,19). The maximum atomic E-state index is 12.1. The highest BCUT2D eigenvalue weighted by Gasteiger charge is 2.42. The highest BCUT2D eigenvalue weighted by atomic mass is 16.2. The first-order chi connectivity index (χ1) is 9.09. The molecule has 1 aliphatic heterocycles. The molecule has 0 spiro atoms. The van der Waals surface area contributed by atoms with E-state index in [-0.39, 0.29) is 23.8 Å². The van der Waals surface area contributed by atoms with E-state index in [0.717, 1.165) is 6.54 Å². The lowest BCUT2D eigenvalue weighted by Crippen LogP contribution is -2.46. The molecule has 108 valence electrons. The van der Waals surface area contributed by atoms with E-state index >= 15 is 0 Å². The molecule has 5 heteroatoms. The van der Waals surface area contributed by atoms with E-state index in [2.05, 4.69) is 16.0 Å². The van der Waals surface area contributed by atoms with Gasteiger partial charge in [0, 0.05) is 19.0 Å². The lowest BCUT2D eigenvalue weighted by molar-refractivity contribution is -0.125. The van der Waals surface area contributed by atoms with E-state index in [9.17, 15) is 9.59 Å². The van der Waals surface area contributed by atoms with Gasteiger partial charge in [-0.2, -0.15) is 0 Å². The number of carbonyl (C=O) groups excluding carboxylic acids is 2. The highest BCUT2D eigenvalue weighted by Crippen LogP contribution is 2.37. The Kier molecular flexibility index (Phi) is 4.80. The van der Waals surface area contributed by atoms with Crippen LogP contribution in [0.4, 0.5) is 0 Å². The Hall–Kier alpha value is -1.10. The molecule has 1 heterocycles. The molecule has 19 heavy (non-hydrogen) atoms. The number of carbonyl (C=O) groups is 2. The SMILES string of the molecule is CC(C)C(=O)NCCNC(=O)C1NCC2CCCC21. The number of amides is 2. The number of hydrogen-bond acceptors (Lipinski definition) is 3. The van der Waals surface area contributed by atoms with E-state index in [1.54, 1.807) is 0 Å². The molecule has 3 N–H and O–H groups in total. The van der Waals surface area contributed by atoms with Gasteiger partial charge in [-0.05, 0) is 31.2 Å². The number of fused-ring (bicyclic) bond motifs is 1. The summed E-state index contributed by atoms with van der Waals surface area (Å²) in [6, 6.07) is -0.0201. The summed E-state index contributed by atoms with van der Waals surface area (Å²) in [7, 11) is 0. The molecule has 1 aliphatic carbocycles. The molecule has 2 amide bonds. The minimum Gasteiger partial charge on any atom is -0.354 e.